The number of carbonyl (C=O) groups excluding carboxylic acids is 1. The standard InChI is InChI=1S/C30H31N3O5S2/c1-21-10-15-29(24(4)17-21)32-39(35,36)27-13-11-25(12-14-27)31-30(34)20-33(26-18-22(2)16-23(3)19-26)40(37,38)28-8-6-5-7-9-28/h5-19,32H,20H2,1-4H3,(H,31,34). The van der Waals surface area contributed by atoms with Gasteiger partial charge in [0.1, 0.15) is 6.54 Å². The van der Waals surface area contributed by atoms with E-state index in [0.29, 0.717) is 17.1 Å². The first-order valence-corrected chi connectivity index (χ1v) is 15.4. The summed E-state index contributed by atoms with van der Waals surface area (Å²) in [4.78, 5) is 13.2. The second-order valence-corrected chi connectivity index (χ2v) is 13.2. The SMILES string of the molecule is Cc1cc(C)cc(N(CC(=O)Nc2ccc(S(=O)(=O)Nc3ccc(C)cc3C)cc2)S(=O)(=O)c2ccccc2)c1. The summed E-state index contributed by atoms with van der Waals surface area (Å²) < 4.78 is 56.6. The van der Waals surface area contributed by atoms with Gasteiger partial charge in [-0.05, 0) is 99.0 Å². The summed E-state index contributed by atoms with van der Waals surface area (Å²) >= 11 is 0. The van der Waals surface area contributed by atoms with E-state index in [1.807, 2.05) is 45.9 Å². The Morgan fingerprint density at radius 1 is 0.700 bits per heavy atom. The molecular formula is C30H31N3O5S2. The fourth-order valence-corrected chi connectivity index (χ4v) is 6.87. The highest BCUT2D eigenvalue weighted by molar-refractivity contribution is 7.93. The Hall–Kier alpha value is -4.15. The van der Waals surface area contributed by atoms with Crippen LogP contribution in [-0.2, 0) is 24.8 Å². The van der Waals surface area contributed by atoms with Crippen LogP contribution in [0.3, 0.4) is 0 Å². The average Bonchev–Trinajstić information content (AvgIpc) is 2.89. The topological polar surface area (TPSA) is 113 Å². The third kappa shape index (κ3) is 6.70. The normalized spacial score (nSPS) is 11.6. The van der Waals surface area contributed by atoms with E-state index in [0.717, 1.165) is 26.6 Å². The van der Waals surface area contributed by atoms with Gasteiger partial charge in [-0.2, -0.15) is 0 Å². The lowest BCUT2D eigenvalue weighted by Gasteiger charge is -2.25. The number of anilines is 3. The lowest BCUT2D eigenvalue weighted by molar-refractivity contribution is -0.114. The molecule has 4 aromatic carbocycles. The highest BCUT2D eigenvalue weighted by Gasteiger charge is 2.27. The van der Waals surface area contributed by atoms with Crippen LogP contribution in [-0.4, -0.2) is 29.3 Å². The molecule has 8 nitrogen and oxygen atoms in total. The summed E-state index contributed by atoms with van der Waals surface area (Å²) in [6, 6.07) is 24.4. The van der Waals surface area contributed by atoms with Crippen LogP contribution in [0.25, 0.3) is 0 Å². The molecule has 0 saturated heterocycles. The van der Waals surface area contributed by atoms with Gasteiger partial charge in [-0.1, -0.05) is 42.0 Å². The van der Waals surface area contributed by atoms with Gasteiger partial charge in [0.15, 0.2) is 0 Å². The summed E-state index contributed by atoms with van der Waals surface area (Å²) in [6.45, 7) is 6.98. The summed E-state index contributed by atoms with van der Waals surface area (Å²) in [5.41, 5.74) is 4.71. The fraction of sp³-hybridized carbons (Fsp3) is 0.167. The van der Waals surface area contributed by atoms with Crippen molar-refractivity contribution < 1.29 is 21.6 Å². The van der Waals surface area contributed by atoms with E-state index in [4.69, 9.17) is 0 Å². The summed E-state index contributed by atoms with van der Waals surface area (Å²) in [5.74, 6) is -0.581. The molecule has 0 unspecified atom stereocenters. The molecule has 0 fully saturated rings. The number of carbonyl (C=O) groups is 1. The molecule has 0 aliphatic rings. The van der Waals surface area contributed by atoms with Gasteiger partial charge >= 0.3 is 0 Å². The second kappa shape index (κ2) is 11.5. The van der Waals surface area contributed by atoms with E-state index < -0.39 is 32.5 Å². The Bertz CT molecular complexity index is 1730. The quantitative estimate of drug-likeness (QED) is 0.271. The molecule has 0 aliphatic heterocycles. The average molecular weight is 578 g/mol. The summed E-state index contributed by atoms with van der Waals surface area (Å²) in [5, 5.41) is 2.68. The Kier molecular flexibility index (Phi) is 8.32. The molecule has 0 heterocycles. The van der Waals surface area contributed by atoms with E-state index in [1.54, 1.807) is 36.4 Å². The number of benzene rings is 4. The molecule has 4 rings (SSSR count). The first-order valence-electron chi connectivity index (χ1n) is 12.5. The molecule has 0 aliphatic carbocycles. The van der Waals surface area contributed by atoms with E-state index >= 15 is 0 Å². The molecule has 0 saturated carbocycles. The van der Waals surface area contributed by atoms with Gasteiger partial charge in [-0.3, -0.25) is 13.8 Å². The Morgan fingerprint density at radius 2 is 1.32 bits per heavy atom. The van der Waals surface area contributed by atoms with Crippen molar-refractivity contribution >= 4 is 43.0 Å². The lowest BCUT2D eigenvalue weighted by Crippen LogP contribution is -2.38. The molecule has 0 bridgehead atoms. The van der Waals surface area contributed by atoms with E-state index in [-0.39, 0.29) is 9.79 Å². The highest BCUT2D eigenvalue weighted by atomic mass is 32.2. The highest BCUT2D eigenvalue weighted by Crippen LogP contribution is 2.26. The van der Waals surface area contributed by atoms with Gasteiger partial charge in [0, 0.05) is 5.69 Å². The van der Waals surface area contributed by atoms with E-state index in [1.165, 1.54) is 36.4 Å². The van der Waals surface area contributed by atoms with Crippen molar-refractivity contribution in [3.63, 3.8) is 0 Å². The molecule has 0 atom stereocenters. The van der Waals surface area contributed by atoms with Gasteiger partial charge in [0.2, 0.25) is 5.91 Å². The predicted octanol–water partition coefficient (Wildman–Crippen LogP) is 5.56. The molecule has 10 heteroatoms. The van der Waals surface area contributed by atoms with Crippen molar-refractivity contribution in [1.29, 1.82) is 0 Å². The molecule has 4 aromatic rings. The van der Waals surface area contributed by atoms with Crippen molar-refractivity contribution in [3.05, 3.63) is 113 Å². The Labute approximate surface area is 235 Å². The number of rotatable bonds is 9. The first kappa shape index (κ1) is 28.8. The monoisotopic (exact) mass is 577 g/mol. The van der Waals surface area contributed by atoms with Crippen LogP contribution in [0.4, 0.5) is 17.1 Å². The van der Waals surface area contributed by atoms with Crippen LogP contribution in [0.15, 0.2) is 101 Å². The zero-order valence-electron chi connectivity index (χ0n) is 22.7. The molecule has 1 amide bonds. The Balaban J connectivity index is 1.54. The van der Waals surface area contributed by atoms with Crippen LogP contribution in [0.2, 0.25) is 0 Å². The molecule has 0 radical (unpaired) electrons. The van der Waals surface area contributed by atoms with Crippen LogP contribution < -0.4 is 14.3 Å². The Morgan fingerprint density at radius 3 is 1.93 bits per heavy atom. The number of nitrogens with zero attached hydrogens (tertiary/aromatic N) is 1. The lowest BCUT2D eigenvalue weighted by atomic mass is 10.1. The van der Waals surface area contributed by atoms with Gasteiger partial charge < -0.3 is 5.32 Å². The van der Waals surface area contributed by atoms with E-state index in [9.17, 15) is 21.6 Å². The number of hydrogen-bond donors (Lipinski definition) is 2. The predicted molar refractivity (Wildman–Crippen MR) is 159 cm³/mol. The molecule has 2 N–H and O–H groups in total. The fourth-order valence-electron chi connectivity index (χ4n) is 4.31. The van der Waals surface area contributed by atoms with Crippen LogP contribution in [0.1, 0.15) is 22.3 Å². The van der Waals surface area contributed by atoms with Crippen molar-refractivity contribution in [2.45, 2.75) is 37.5 Å². The van der Waals surface area contributed by atoms with Crippen molar-refractivity contribution in [2.24, 2.45) is 0 Å². The number of hydrogen-bond acceptors (Lipinski definition) is 5. The maximum atomic E-state index is 13.6. The summed E-state index contributed by atoms with van der Waals surface area (Å²) in [6.07, 6.45) is 0. The van der Waals surface area contributed by atoms with Crippen LogP contribution in [0, 0.1) is 27.7 Å². The van der Waals surface area contributed by atoms with Crippen molar-refractivity contribution in [2.75, 3.05) is 20.9 Å². The minimum absolute atomic E-state index is 0.0222. The number of aryl methyl sites for hydroxylation is 4. The first-order chi connectivity index (χ1) is 18.8. The van der Waals surface area contributed by atoms with Crippen LogP contribution in [0.5, 0.6) is 0 Å². The third-order valence-corrected chi connectivity index (χ3v) is 9.36. The van der Waals surface area contributed by atoms with Gasteiger partial charge in [-0.25, -0.2) is 16.8 Å². The zero-order valence-corrected chi connectivity index (χ0v) is 24.3. The van der Waals surface area contributed by atoms with Gasteiger partial charge in [0.25, 0.3) is 20.0 Å². The van der Waals surface area contributed by atoms with E-state index in [2.05, 4.69) is 10.0 Å². The molecule has 208 valence electrons. The summed E-state index contributed by atoms with van der Waals surface area (Å²) in [7, 11) is -7.91. The maximum absolute atomic E-state index is 13.6. The number of amides is 1. The molecule has 0 spiro atoms. The minimum atomic E-state index is -4.05. The minimum Gasteiger partial charge on any atom is -0.325 e. The molecular weight excluding hydrogens is 546 g/mol. The van der Waals surface area contributed by atoms with Gasteiger partial charge in [0.05, 0.1) is 21.2 Å². The maximum Gasteiger partial charge on any atom is 0.264 e. The molecule has 0 aromatic heterocycles. The largest absolute Gasteiger partial charge is 0.325 e. The second-order valence-electron chi connectivity index (χ2n) is 9.67. The number of sulfonamides is 2. The number of nitrogens with one attached hydrogen (secondary N) is 2. The van der Waals surface area contributed by atoms with Gasteiger partial charge in [-0.15, -0.1) is 0 Å². The molecule has 40 heavy (non-hydrogen) atoms. The van der Waals surface area contributed by atoms with Crippen LogP contribution >= 0.6 is 0 Å². The third-order valence-electron chi connectivity index (χ3n) is 6.19. The smallest absolute Gasteiger partial charge is 0.264 e. The van der Waals surface area contributed by atoms with Crippen molar-refractivity contribution in [1.82, 2.24) is 0 Å². The zero-order chi connectivity index (χ0) is 29.1. The van der Waals surface area contributed by atoms with Crippen molar-refractivity contribution in [3.8, 4) is 0 Å².